The maximum absolute atomic E-state index is 10.9. The fourth-order valence-electron chi connectivity index (χ4n) is 1.34. The predicted molar refractivity (Wildman–Crippen MR) is 73.2 cm³/mol. The van der Waals surface area contributed by atoms with Crippen molar-refractivity contribution in [2.75, 3.05) is 0 Å². The van der Waals surface area contributed by atoms with Gasteiger partial charge in [-0.15, -0.1) is 11.3 Å². The van der Waals surface area contributed by atoms with Gasteiger partial charge in [-0.1, -0.05) is 17.7 Å². The van der Waals surface area contributed by atoms with E-state index >= 15 is 0 Å². The molecule has 0 saturated heterocycles. The van der Waals surface area contributed by atoms with Gasteiger partial charge < -0.3 is 4.74 Å². The molecule has 0 bridgehead atoms. The second-order valence-corrected chi connectivity index (χ2v) is 6.22. The third-order valence-corrected chi connectivity index (χ3v) is 4.06. The van der Waals surface area contributed by atoms with Crippen LogP contribution in [0.1, 0.15) is 15.2 Å². The Bertz CT molecular complexity index is 539. The molecule has 0 aliphatic heterocycles. The van der Waals surface area contributed by atoms with Crippen molar-refractivity contribution in [2.24, 2.45) is 0 Å². The summed E-state index contributed by atoms with van der Waals surface area (Å²) in [7, 11) is 0. The molecular weight excluding hydrogens is 324 g/mol. The van der Waals surface area contributed by atoms with E-state index in [-0.39, 0.29) is 0 Å². The highest BCUT2D eigenvalue weighted by atomic mass is 79.9. The topological polar surface area (TPSA) is 26.3 Å². The third-order valence-electron chi connectivity index (χ3n) is 2.13. The Labute approximate surface area is 116 Å². The van der Waals surface area contributed by atoms with E-state index in [1.54, 1.807) is 29.5 Å². The lowest BCUT2D eigenvalue weighted by Crippen LogP contribution is -1.96. The monoisotopic (exact) mass is 330 g/mol. The first-order valence-corrected chi connectivity index (χ1v) is 6.80. The van der Waals surface area contributed by atoms with E-state index in [1.165, 1.54) is 0 Å². The zero-order chi connectivity index (χ0) is 12.3. The minimum absolute atomic E-state index is 0.393. The minimum Gasteiger partial charge on any atom is -0.487 e. The van der Waals surface area contributed by atoms with Crippen LogP contribution in [-0.2, 0) is 6.61 Å². The van der Waals surface area contributed by atoms with Gasteiger partial charge in [-0.05, 0) is 40.2 Å². The number of thiophene rings is 1. The van der Waals surface area contributed by atoms with E-state index in [4.69, 9.17) is 16.3 Å². The Morgan fingerprint density at radius 1 is 1.35 bits per heavy atom. The average Bonchev–Trinajstić information content (AvgIpc) is 2.72. The van der Waals surface area contributed by atoms with Crippen molar-refractivity contribution in [1.82, 2.24) is 0 Å². The van der Waals surface area contributed by atoms with Gasteiger partial charge >= 0.3 is 0 Å². The van der Waals surface area contributed by atoms with Gasteiger partial charge in [-0.25, -0.2) is 0 Å². The van der Waals surface area contributed by atoms with E-state index < -0.39 is 0 Å². The summed E-state index contributed by atoms with van der Waals surface area (Å²) >= 11 is 10.9. The molecule has 0 aliphatic carbocycles. The number of hydrogen-bond acceptors (Lipinski definition) is 3. The van der Waals surface area contributed by atoms with Crippen LogP contribution in [0.4, 0.5) is 0 Å². The van der Waals surface area contributed by atoms with Crippen molar-refractivity contribution in [1.29, 1.82) is 0 Å². The molecule has 0 atom stereocenters. The van der Waals surface area contributed by atoms with Gasteiger partial charge in [0, 0.05) is 4.88 Å². The molecule has 0 radical (unpaired) electrons. The number of carbonyl (C=O) groups excluding carboxylic acids is 1. The minimum atomic E-state index is 0.393. The fourth-order valence-corrected chi connectivity index (χ4v) is 2.94. The summed E-state index contributed by atoms with van der Waals surface area (Å²) in [5, 5.41) is 0.407. The normalized spacial score (nSPS) is 10.2. The zero-order valence-electron chi connectivity index (χ0n) is 8.65. The van der Waals surface area contributed by atoms with E-state index in [0.717, 1.165) is 8.66 Å². The molecule has 0 aliphatic rings. The van der Waals surface area contributed by atoms with Gasteiger partial charge in [0.05, 0.1) is 14.4 Å². The van der Waals surface area contributed by atoms with Crippen molar-refractivity contribution in [3.63, 3.8) is 0 Å². The number of ether oxygens (including phenoxy) is 1. The smallest absolute Gasteiger partial charge is 0.155 e. The molecule has 17 heavy (non-hydrogen) atoms. The Morgan fingerprint density at radius 2 is 2.18 bits per heavy atom. The van der Waals surface area contributed by atoms with Gasteiger partial charge in [0.1, 0.15) is 12.4 Å². The fraction of sp³-hybridized carbons (Fsp3) is 0.0833. The first-order valence-electron chi connectivity index (χ1n) is 4.81. The molecule has 1 heterocycles. The molecule has 0 spiro atoms. The molecule has 0 N–H and O–H groups in total. The van der Waals surface area contributed by atoms with Gasteiger partial charge in [-0.3, -0.25) is 4.79 Å². The zero-order valence-corrected chi connectivity index (χ0v) is 11.8. The Hall–Kier alpha value is -0.840. The second-order valence-electron chi connectivity index (χ2n) is 3.26. The maximum atomic E-state index is 10.9. The Balaban J connectivity index is 2.14. The SMILES string of the molecule is O=Cc1c(Cl)cccc1OCc1ccc(Br)s1. The number of aldehydes is 1. The number of benzene rings is 1. The van der Waals surface area contributed by atoms with Crippen LogP contribution >= 0.6 is 38.9 Å². The summed E-state index contributed by atoms with van der Waals surface area (Å²) in [4.78, 5) is 12.0. The van der Waals surface area contributed by atoms with E-state index in [1.807, 2.05) is 12.1 Å². The number of halogens is 2. The van der Waals surface area contributed by atoms with E-state index in [9.17, 15) is 4.79 Å². The number of carbonyl (C=O) groups is 1. The van der Waals surface area contributed by atoms with Crippen LogP contribution in [0.2, 0.25) is 5.02 Å². The average molecular weight is 332 g/mol. The molecule has 1 aromatic heterocycles. The van der Waals surface area contributed by atoms with Crippen molar-refractivity contribution in [3.05, 3.63) is 49.6 Å². The number of rotatable bonds is 4. The van der Waals surface area contributed by atoms with Crippen LogP contribution in [-0.4, -0.2) is 6.29 Å². The Kier molecular flexibility index (Phi) is 4.20. The van der Waals surface area contributed by atoms with Crippen LogP contribution in [0.15, 0.2) is 34.1 Å². The van der Waals surface area contributed by atoms with Crippen LogP contribution in [0.25, 0.3) is 0 Å². The molecule has 88 valence electrons. The third kappa shape index (κ3) is 3.09. The van der Waals surface area contributed by atoms with Gasteiger partial charge in [0.2, 0.25) is 0 Å². The van der Waals surface area contributed by atoms with Crippen molar-refractivity contribution in [3.8, 4) is 5.75 Å². The molecular formula is C12H8BrClO2S. The molecule has 0 fully saturated rings. The maximum Gasteiger partial charge on any atom is 0.155 e. The molecule has 0 saturated carbocycles. The molecule has 0 unspecified atom stereocenters. The van der Waals surface area contributed by atoms with Crippen molar-refractivity contribution < 1.29 is 9.53 Å². The Morgan fingerprint density at radius 3 is 2.82 bits per heavy atom. The largest absolute Gasteiger partial charge is 0.487 e. The first-order chi connectivity index (χ1) is 8.20. The first kappa shape index (κ1) is 12.6. The quantitative estimate of drug-likeness (QED) is 0.768. The summed E-state index contributed by atoms with van der Waals surface area (Å²) in [6, 6.07) is 9.09. The predicted octanol–water partition coefficient (Wildman–Crippen LogP) is 4.56. The van der Waals surface area contributed by atoms with Gasteiger partial charge in [0.15, 0.2) is 6.29 Å². The van der Waals surface area contributed by atoms with Crippen LogP contribution < -0.4 is 4.74 Å². The second kappa shape index (κ2) is 5.67. The highest BCUT2D eigenvalue weighted by Gasteiger charge is 2.07. The highest BCUT2D eigenvalue weighted by Crippen LogP contribution is 2.27. The summed E-state index contributed by atoms with van der Waals surface area (Å²) in [6.45, 7) is 0.428. The van der Waals surface area contributed by atoms with Crippen molar-refractivity contribution >= 4 is 45.2 Å². The van der Waals surface area contributed by atoms with Gasteiger partial charge in [-0.2, -0.15) is 0 Å². The summed E-state index contributed by atoms with van der Waals surface area (Å²) < 4.78 is 6.64. The highest BCUT2D eigenvalue weighted by molar-refractivity contribution is 9.11. The van der Waals surface area contributed by atoms with E-state index in [2.05, 4.69) is 15.9 Å². The molecule has 0 amide bonds. The molecule has 2 aromatic rings. The molecule has 2 rings (SSSR count). The summed E-state index contributed by atoms with van der Waals surface area (Å²) in [5.74, 6) is 0.511. The van der Waals surface area contributed by atoms with Crippen LogP contribution in [0, 0.1) is 0 Å². The summed E-state index contributed by atoms with van der Waals surface area (Å²) in [6.07, 6.45) is 0.710. The molecule has 2 nitrogen and oxygen atoms in total. The lowest BCUT2D eigenvalue weighted by molar-refractivity contribution is 0.111. The summed E-state index contributed by atoms with van der Waals surface area (Å²) in [5.41, 5.74) is 0.393. The number of hydrogen-bond donors (Lipinski definition) is 0. The standard InChI is InChI=1S/C12H8BrClO2S/c13-12-5-4-8(17-12)7-16-11-3-1-2-10(14)9(11)6-15/h1-6H,7H2. The van der Waals surface area contributed by atoms with E-state index in [0.29, 0.717) is 29.2 Å². The van der Waals surface area contributed by atoms with Gasteiger partial charge in [0.25, 0.3) is 0 Å². The van der Waals surface area contributed by atoms with Crippen molar-refractivity contribution in [2.45, 2.75) is 6.61 Å². The lowest BCUT2D eigenvalue weighted by Gasteiger charge is -2.07. The van der Waals surface area contributed by atoms with Crippen LogP contribution in [0.5, 0.6) is 5.75 Å². The lowest BCUT2D eigenvalue weighted by atomic mass is 10.2. The molecule has 5 heteroatoms. The molecule has 1 aromatic carbocycles. The van der Waals surface area contributed by atoms with Crippen LogP contribution in [0.3, 0.4) is 0 Å².